The standard InChI is InChI=1S/C13H17NO2/c1-9(2)7-8-13(16)10-5-3-4-6-11(10)14-12(13)15/h3-6,9,16H,7-8H2,1-2H3,(H,14,15). The van der Waals surface area contributed by atoms with Crippen LogP contribution < -0.4 is 5.32 Å². The van der Waals surface area contributed by atoms with E-state index >= 15 is 0 Å². The summed E-state index contributed by atoms with van der Waals surface area (Å²) in [6.45, 7) is 4.17. The molecule has 1 aromatic rings. The summed E-state index contributed by atoms with van der Waals surface area (Å²) in [7, 11) is 0. The molecule has 0 spiro atoms. The number of amides is 1. The van der Waals surface area contributed by atoms with Gasteiger partial charge in [-0.1, -0.05) is 32.0 Å². The first-order valence-corrected chi connectivity index (χ1v) is 5.67. The first-order chi connectivity index (χ1) is 7.54. The minimum atomic E-state index is -1.33. The summed E-state index contributed by atoms with van der Waals surface area (Å²) in [5.41, 5.74) is 0.111. The highest BCUT2D eigenvalue weighted by Crippen LogP contribution is 2.39. The van der Waals surface area contributed by atoms with Crippen LogP contribution in [0.15, 0.2) is 24.3 Å². The van der Waals surface area contributed by atoms with E-state index in [1.165, 1.54) is 0 Å². The maximum absolute atomic E-state index is 11.8. The van der Waals surface area contributed by atoms with Gasteiger partial charge >= 0.3 is 0 Å². The third-order valence-corrected chi connectivity index (χ3v) is 3.08. The lowest BCUT2D eigenvalue weighted by atomic mass is 9.88. The van der Waals surface area contributed by atoms with E-state index in [1.54, 1.807) is 0 Å². The molecule has 16 heavy (non-hydrogen) atoms. The summed E-state index contributed by atoms with van der Waals surface area (Å²) in [4.78, 5) is 11.8. The maximum atomic E-state index is 11.8. The Morgan fingerprint density at radius 3 is 2.75 bits per heavy atom. The Hall–Kier alpha value is -1.35. The average Bonchev–Trinajstić information content (AvgIpc) is 2.50. The van der Waals surface area contributed by atoms with Crippen molar-refractivity contribution in [2.24, 2.45) is 5.92 Å². The molecule has 1 aliphatic rings. The first kappa shape index (κ1) is 11.1. The fourth-order valence-electron chi connectivity index (χ4n) is 2.05. The smallest absolute Gasteiger partial charge is 0.261 e. The summed E-state index contributed by atoms with van der Waals surface area (Å²) in [5.74, 6) is 0.180. The number of hydrogen-bond acceptors (Lipinski definition) is 2. The van der Waals surface area contributed by atoms with E-state index < -0.39 is 5.60 Å². The highest BCUT2D eigenvalue weighted by molar-refractivity contribution is 6.04. The number of nitrogens with one attached hydrogen (secondary N) is 1. The topological polar surface area (TPSA) is 49.3 Å². The number of benzene rings is 1. The van der Waals surface area contributed by atoms with Gasteiger partial charge in [0, 0.05) is 11.3 Å². The number of carbonyl (C=O) groups excluding carboxylic acids is 1. The van der Waals surface area contributed by atoms with Gasteiger partial charge in [0.05, 0.1) is 0 Å². The van der Waals surface area contributed by atoms with Gasteiger partial charge < -0.3 is 10.4 Å². The van der Waals surface area contributed by atoms with Crippen LogP contribution >= 0.6 is 0 Å². The van der Waals surface area contributed by atoms with E-state index in [4.69, 9.17) is 0 Å². The SMILES string of the molecule is CC(C)CCC1(O)C(=O)Nc2ccccc21. The number of carbonyl (C=O) groups is 1. The number of rotatable bonds is 3. The predicted octanol–water partition coefficient (Wildman–Crippen LogP) is 2.26. The van der Waals surface area contributed by atoms with E-state index in [0.717, 1.165) is 12.1 Å². The summed E-state index contributed by atoms with van der Waals surface area (Å²) >= 11 is 0. The second-order valence-corrected chi connectivity index (χ2v) is 4.79. The summed E-state index contributed by atoms with van der Waals surface area (Å²) in [6.07, 6.45) is 1.31. The molecule has 1 aliphatic heterocycles. The van der Waals surface area contributed by atoms with Crippen molar-refractivity contribution in [3.8, 4) is 0 Å². The van der Waals surface area contributed by atoms with Gasteiger partial charge in [-0.25, -0.2) is 0 Å². The van der Waals surface area contributed by atoms with Crippen LogP contribution in [-0.4, -0.2) is 11.0 Å². The predicted molar refractivity (Wildman–Crippen MR) is 63.0 cm³/mol. The Morgan fingerprint density at radius 1 is 1.38 bits per heavy atom. The molecule has 0 aromatic heterocycles. The van der Waals surface area contributed by atoms with E-state index in [-0.39, 0.29) is 5.91 Å². The first-order valence-electron chi connectivity index (χ1n) is 5.67. The van der Waals surface area contributed by atoms with Crippen molar-refractivity contribution in [3.63, 3.8) is 0 Å². The number of hydrogen-bond donors (Lipinski definition) is 2. The van der Waals surface area contributed by atoms with Crippen LogP contribution in [0.4, 0.5) is 5.69 Å². The molecular weight excluding hydrogens is 202 g/mol. The van der Waals surface area contributed by atoms with Gasteiger partial charge in [0.1, 0.15) is 0 Å². The number of aliphatic hydroxyl groups is 1. The Kier molecular flexibility index (Phi) is 2.72. The molecule has 0 fully saturated rings. The third-order valence-electron chi connectivity index (χ3n) is 3.08. The molecule has 0 bridgehead atoms. The molecule has 1 atom stereocenters. The second-order valence-electron chi connectivity index (χ2n) is 4.79. The molecule has 0 radical (unpaired) electrons. The van der Waals surface area contributed by atoms with E-state index in [0.29, 0.717) is 17.9 Å². The molecule has 3 heteroatoms. The molecule has 3 nitrogen and oxygen atoms in total. The van der Waals surface area contributed by atoms with Crippen molar-refractivity contribution in [3.05, 3.63) is 29.8 Å². The third kappa shape index (κ3) is 1.71. The van der Waals surface area contributed by atoms with Gasteiger partial charge in [-0.2, -0.15) is 0 Å². The van der Waals surface area contributed by atoms with Crippen LogP contribution in [0.1, 0.15) is 32.3 Å². The van der Waals surface area contributed by atoms with Gasteiger partial charge in [-0.15, -0.1) is 0 Å². The molecule has 2 N–H and O–H groups in total. The number of para-hydroxylation sites is 1. The summed E-state index contributed by atoms with van der Waals surface area (Å²) in [6, 6.07) is 7.33. The van der Waals surface area contributed by atoms with Crippen LogP contribution in [0, 0.1) is 5.92 Å². The summed E-state index contributed by atoms with van der Waals surface area (Å²) in [5, 5.41) is 13.2. The molecule has 1 unspecified atom stereocenters. The van der Waals surface area contributed by atoms with Gasteiger partial charge in [-0.05, 0) is 24.8 Å². The van der Waals surface area contributed by atoms with Crippen LogP contribution in [0.3, 0.4) is 0 Å². The molecule has 0 saturated carbocycles. The van der Waals surface area contributed by atoms with E-state index in [1.807, 2.05) is 24.3 Å². The lowest BCUT2D eigenvalue weighted by Crippen LogP contribution is -2.34. The van der Waals surface area contributed by atoms with Gasteiger partial charge in [0.2, 0.25) is 0 Å². The average molecular weight is 219 g/mol. The second kappa shape index (κ2) is 3.91. The lowest BCUT2D eigenvalue weighted by molar-refractivity contribution is -0.134. The molecule has 1 heterocycles. The number of fused-ring (bicyclic) bond motifs is 1. The molecule has 0 aliphatic carbocycles. The largest absolute Gasteiger partial charge is 0.375 e. The molecule has 1 amide bonds. The van der Waals surface area contributed by atoms with Gasteiger partial charge in [-0.3, -0.25) is 4.79 Å². The maximum Gasteiger partial charge on any atom is 0.261 e. The monoisotopic (exact) mass is 219 g/mol. The fourth-order valence-corrected chi connectivity index (χ4v) is 2.05. The molecule has 2 rings (SSSR count). The fraction of sp³-hybridized carbons (Fsp3) is 0.462. The Morgan fingerprint density at radius 2 is 2.06 bits per heavy atom. The van der Waals surface area contributed by atoms with E-state index in [2.05, 4.69) is 19.2 Å². The summed E-state index contributed by atoms with van der Waals surface area (Å²) < 4.78 is 0. The van der Waals surface area contributed by atoms with Gasteiger partial charge in [0.15, 0.2) is 5.60 Å². The van der Waals surface area contributed by atoms with Crippen molar-refractivity contribution < 1.29 is 9.90 Å². The molecule has 86 valence electrons. The zero-order chi connectivity index (χ0) is 11.8. The Labute approximate surface area is 95.5 Å². The van der Waals surface area contributed by atoms with Crippen molar-refractivity contribution in [2.75, 3.05) is 5.32 Å². The van der Waals surface area contributed by atoms with Crippen molar-refractivity contribution in [1.29, 1.82) is 0 Å². The van der Waals surface area contributed by atoms with Crippen LogP contribution in [0.5, 0.6) is 0 Å². The van der Waals surface area contributed by atoms with Crippen LogP contribution in [0.2, 0.25) is 0 Å². The Balaban J connectivity index is 2.30. The van der Waals surface area contributed by atoms with Crippen LogP contribution in [-0.2, 0) is 10.4 Å². The van der Waals surface area contributed by atoms with Crippen molar-refractivity contribution in [2.45, 2.75) is 32.3 Å². The molecule has 0 saturated heterocycles. The quantitative estimate of drug-likeness (QED) is 0.819. The normalized spacial score (nSPS) is 23.4. The van der Waals surface area contributed by atoms with Crippen molar-refractivity contribution in [1.82, 2.24) is 0 Å². The zero-order valence-electron chi connectivity index (χ0n) is 9.66. The minimum Gasteiger partial charge on any atom is -0.375 e. The minimum absolute atomic E-state index is 0.297. The van der Waals surface area contributed by atoms with Gasteiger partial charge in [0.25, 0.3) is 5.91 Å². The highest BCUT2D eigenvalue weighted by atomic mass is 16.3. The molecular formula is C13H17NO2. The Bertz CT molecular complexity index is 414. The van der Waals surface area contributed by atoms with E-state index in [9.17, 15) is 9.90 Å². The zero-order valence-corrected chi connectivity index (χ0v) is 9.66. The molecule has 1 aromatic carbocycles. The number of anilines is 1. The van der Waals surface area contributed by atoms with Crippen molar-refractivity contribution >= 4 is 11.6 Å². The highest BCUT2D eigenvalue weighted by Gasteiger charge is 2.44. The lowest BCUT2D eigenvalue weighted by Gasteiger charge is -2.21. The van der Waals surface area contributed by atoms with Crippen LogP contribution in [0.25, 0.3) is 0 Å².